The Morgan fingerprint density at radius 1 is 1.32 bits per heavy atom. The molecule has 1 atom stereocenters. The largest absolute Gasteiger partial charge is 0.369 e. The highest BCUT2D eigenvalue weighted by molar-refractivity contribution is 5.92. The molecule has 5 heteroatoms. The molecule has 1 saturated heterocycles. The summed E-state index contributed by atoms with van der Waals surface area (Å²) >= 11 is 0. The van der Waals surface area contributed by atoms with Crippen molar-refractivity contribution >= 4 is 16.9 Å². The number of pyridine rings is 1. The smallest absolute Gasteiger partial charge is 0.221 e. The molecule has 1 aliphatic heterocycles. The fraction of sp³-hybridized carbons (Fsp3) is 0.300. The first-order valence-electron chi connectivity index (χ1n) is 8.74. The number of aromatic nitrogens is 2. The molecule has 1 fully saturated rings. The molecule has 5 nitrogen and oxygen atoms in total. The number of hydrogen-bond donors (Lipinski definition) is 2. The van der Waals surface area contributed by atoms with Crippen LogP contribution in [0.5, 0.6) is 0 Å². The number of nitrogens with one attached hydrogen (secondary N) is 1. The van der Waals surface area contributed by atoms with Gasteiger partial charge in [0.25, 0.3) is 0 Å². The lowest BCUT2D eigenvalue weighted by molar-refractivity contribution is -0.123. The third-order valence-electron chi connectivity index (χ3n) is 5.01. The number of amides is 1. The monoisotopic (exact) mass is 334 g/mol. The summed E-state index contributed by atoms with van der Waals surface area (Å²) in [6.45, 7) is 2.63. The summed E-state index contributed by atoms with van der Waals surface area (Å²) in [6.07, 6.45) is 5.70. The number of H-pyrrole nitrogens is 1. The maximum Gasteiger partial charge on any atom is 0.221 e. The number of hydrogen-bond acceptors (Lipinski definition) is 3. The first-order chi connectivity index (χ1) is 12.2. The van der Waals surface area contributed by atoms with Gasteiger partial charge in [-0.3, -0.25) is 9.69 Å². The minimum atomic E-state index is -0.176. The summed E-state index contributed by atoms with van der Waals surface area (Å²) in [5, 5.41) is 1.13. The number of carbonyl (C=O) groups excluding carboxylic acids is 1. The zero-order valence-corrected chi connectivity index (χ0v) is 14.1. The van der Waals surface area contributed by atoms with Gasteiger partial charge >= 0.3 is 0 Å². The Kier molecular flexibility index (Phi) is 4.24. The third kappa shape index (κ3) is 3.28. The molecule has 1 aromatic carbocycles. The van der Waals surface area contributed by atoms with Gasteiger partial charge in [-0.15, -0.1) is 0 Å². The molecule has 1 unspecified atom stereocenters. The zero-order chi connectivity index (χ0) is 17.2. The van der Waals surface area contributed by atoms with Crippen molar-refractivity contribution in [2.24, 2.45) is 11.7 Å². The van der Waals surface area contributed by atoms with E-state index in [4.69, 9.17) is 5.73 Å². The Hall–Kier alpha value is -2.66. The van der Waals surface area contributed by atoms with Gasteiger partial charge in [-0.2, -0.15) is 0 Å². The van der Waals surface area contributed by atoms with E-state index >= 15 is 0 Å². The predicted octanol–water partition coefficient (Wildman–Crippen LogP) is 2.93. The minimum absolute atomic E-state index is 0.0170. The van der Waals surface area contributed by atoms with Gasteiger partial charge in [0.2, 0.25) is 5.91 Å². The van der Waals surface area contributed by atoms with Gasteiger partial charge in [0.05, 0.1) is 5.92 Å². The maximum atomic E-state index is 11.5. The first-order valence-corrected chi connectivity index (χ1v) is 8.74. The van der Waals surface area contributed by atoms with Crippen LogP contribution in [0.15, 0.2) is 48.8 Å². The zero-order valence-electron chi connectivity index (χ0n) is 14.1. The summed E-state index contributed by atoms with van der Waals surface area (Å²) in [7, 11) is 0. The van der Waals surface area contributed by atoms with Gasteiger partial charge in [-0.05, 0) is 54.3 Å². The molecule has 0 radical (unpaired) electrons. The second-order valence-corrected chi connectivity index (χ2v) is 6.78. The Morgan fingerprint density at radius 2 is 2.24 bits per heavy atom. The van der Waals surface area contributed by atoms with Crippen LogP contribution in [0, 0.1) is 5.92 Å². The van der Waals surface area contributed by atoms with E-state index < -0.39 is 0 Å². The van der Waals surface area contributed by atoms with Crippen LogP contribution in [-0.2, 0) is 11.3 Å². The SMILES string of the molecule is NC(=O)C1CCCN(Cc2cccc(-c3ccnc4[nH]ccc34)c2)C1. The number of primary amides is 1. The topological polar surface area (TPSA) is 75.0 Å². The average molecular weight is 334 g/mol. The Morgan fingerprint density at radius 3 is 3.12 bits per heavy atom. The molecular formula is C20H22N4O. The molecule has 128 valence electrons. The van der Waals surface area contributed by atoms with E-state index in [1.807, 2.05) is 12.4 Å². The van der Waals surface area contributed by atoms with Gasteiger partial charge in [-0.1, -0.05) is 18.2 Å². The van der Waals surface area contributed by atoms with Crippen molar-refractivity contribution in [2.45, 2.75) is 19.4 Å². The molecule has 3 aromatic rings. The number of piperidine rings is 1. The number of nitrogens with zero attached hydrogens (tertiary/aromatic N) is 2. The first kappa shape index (κ1) is 15.8. The molecule has 4 rings (SSSR count). The van der Waals surface area contributed by atoms with Crippen LogP contribution in [-0.4, -0.2) is 33.9 Å². The molecule has 0 saturated carbocycles. The van der Waals surface area contributed by atoms with Crippen LogP contribution in [0.2, 0.25) is 0 Å². The fourth-order valence-corrected chi connectivity index (χ4v) is 3.74. The lowest BCUT2D eigenvalue weighted by atomic mass is 9.96. The number of rotatable bonds is 4. The van der Waals surface area contributed by atoms with Gasteiger partial charge in [0.15, 0.2) is 0 Å². The second-order valence-electron chi connectivity index (χ2n) is 6.78. The number of aromatic amines is 1. The number of carbonyl (C=O) groups is 1. The van der Waals surface area contributed by atoms with Crippen molar-refractivity contribution in [3.05, 3.63) is 54.4 Å². The highest BCUT2D eigenvalue weighted by atomic mass is 16.1. The third-order valence-corrected chi connectivity index (χ3v) is 5.01. The van der Waals surface area contributed by atoms with Crippen molar-refractivity contribution < 1.29 is 4.79 Å². The van der Waals surface area contributed by atoms with Gasteiger partial charge in [0, 0.05) is 30.9 Å². The Bertz CT molecular complexity index is 901. The lowest BCUT2D eigenvalue weighted by Crippen LogP contribution is -2.40. The predicted molar refractivity (Wildman–Crippen MR) is 98.7 cm³/mol. The highest BCUT2D eigenvalue weighted by Gasteiger charge is 2.23. The summed E-state index contributed by atoms with van der Waals surface area (Å²) in [6, 6.07) is 12.7. The van der Waals surface area contributed by atoms with Crippen molar-refractivity contribution in [3.63, 3.8) is 0 Å². The highest BCUT2D eigenvalue weighted by Crippen LogP contribution is 2.28. The molecule has 3 heterocycles. The molecule has 0 aliphatic carbocycles. The molecular weight excluding hydrogens is 312 g/mol. The van der Waals surface area contributed by atoms with Crippen LogP contribution in [0.4, 0.5) is 0 Å². The quantitative estimate of drug-likeness (QED) is 0.770. The molecule has 1 amide bonds. The number of nitrogens with two attached hydrogens (primary N) is 1. The van der Waals surface area contributed by atoms with Crippen molar-refractivity contribution in [1.82, 2.24) is 14.9 Å². The molecule has 0 bridgehead atoms. The fourth-order valence-electron chi connectivity index (χ4n) is 3.74. The van der Waals surface area contributed by atoms with E-state index in [0.717, 1.165) is 43.5 Å². The number of fused-ring (bicyclic) bond motifs is 1. The molecule has 25 heavy (non-hydrogen) atoms. The lowest BCUT2D eigenvalue weighted by Gasteiger charge is -2.31. The van der Waals surface area contributed by atoms with Crippen molar-refractivity contribution in [3.8, 4) is 11.1 Å². The van der Waals surface area contributed by atoms with E-state index in [9.17, 15) is 4.79 Å². The van der Waals surface area contributed by atoms with Crippen LogP contribution >= 0.6 is 0 Å². The van der Waals surface area contributed by atoms with E-state index in [2.05, 4.69) is 51.3 Å². The molecule has 0 spiro atoms. The number of likely N-dealkylation sites (tertiary alicyclic amines) is 1. The summed E-state index contributed by atoms with van der Waals surface area (Å²) in [5.41, 5.74) is 10.0. The standard InChI is InChI=1S/C20H22N4O/c21-19(25)16-5-2-10-24(13-16)12-14-3-1-4-15(11-14)17-6-8-22-20-18(17)7-9-23-20/h1,3-4,6-9,11,16H,2,5,10,12-13H2,(H2,21,25)(H,22,23). The Balaban J connectivity index is 1.58. The molecule has 3 N–H and O–H groups in total. The van der Waals surface area contributed by atoms with Crippen LogP contribution in [0.3, 0.4) is 0 Å². The summed E-state index contributed by atoms with van der Waals surface area (Å²) < 4.78 is 0. The maximum absolute atomic E-state index is 11.5. The van der Waals surface area contributed by atoms with Gasteiger partial charge in [0.1, 0.15) is 5.65 Å². The van der Waals surface area contributed by atoms with Crippen LogP contribution < -0.4 is 5.73 Å². The second kappa shape index (κ2) is 6.69. The average Bonchev–Trinajstić information content (AvgIpc) is 3.11. The van der Waals surface area contributed by atoms with Gasteiger partial charge in [-0.25, -0.2) is 4.98 Å². The summed E-state index contributed by atoms with van der Waals surface area (Å²) in [4.78, 5) is 21.3. The van der Waals surface area contributed by atoms with E-state index in [1.165, 1.54) is 16.7 Å². The van der Waals surface area contributed by atoms with Crippen molar-refractivity contribution in [2.75, 3.05) is 13.1 Å². The van der Waals surface area contributed by atoms with E-state index in [1.54, 1.807) is 0 Å². The molecule has 2 aromatic heterocycles. The van der Waals surface area contributed by atoms with Crippen molar-refractivity contribution in [1.29, 1.82) is 0 Å². The Labute approximate surface area is 146 Å². The molecule has 1 aliphatic rings. The van der Waals surface area contributed by atoms with E-state index in [-0.39, 0.29) is 11.8 Å². The number of benzene rings is 1. The summed E-state index contributed by atoms with van der Waals surface area (Å²) in [5.74, 6) is -0.193. The van der Waals surface area contributed by atoms with Gasteiger partial charge < -0.3 is 10.7 Å². The van der Waals surface area contributed by atoms with Crippen LogP contribution in [0.25, 0.3) is 22.2 Å². The van der Waals surface area contributed by atoms with Crippen LogP contribution in [0.1, 0.15) is 18.4 Å². The normalized spacial score (nSPS) is 18.5. The van der Waals surface area contributed by atoms with E-state index in [0.29, 0.717) is 0 Å². The minimum Gasteiger partial charge on any atom is -0.369 e.